The van der Waals surface area contributed by atoms with E-state index in [-0.39, 0.29) is 5.97 Å². The van der Waals surface area contributed by atoms with Gasteiger partial charge in [-0.2, -0.15) is 0 Å². The molecule has 0 bridgehead atoms. The average molecular weight is 210 g/mol. The van der Waals surface area contributed by atoms with E-state index >= 15 is 0 Å². The average Bonchev–Trinajstić information content (AvgIpc) is 2.25. The Balaban J connectivity index is 2.73. The largest absolute Gasteiger partial charge is 0.465 e. The van der Waals surface area contributed by atoms with Crippen molar-refractivity contribution in [3.05, 3.63) is 29.8 Å². The van der Waals surface area contributed by atoms with E-state index in [1.807, 2.05) is 18.2 Å². The first kappa shape index (κ1) is 11.1. The van der Waals surface area contributed by atoms with Crippen molar-refractivity contribution in [1.29, 1.82) is 0 Å². The van der Waals surface area contributed by atoms with Gasteiger partial charge in [-0.1, -0.05) is 13.0 Å². The molecule has 0 aliphatic carbocycles. The van der Waals surface area contributed by atoms with Gasteiger partial charge in [-0.15, -0.1) is 11.8 Å². The lowest BCUT2D eigenvalue weighted by molar-refractivity contribution is 0.0600. The van der Waals surface area contributed by atoms with Crippen molar-refractivity contribution >= 4 is 17.7 Å². The van der Waals surface area contributed by atoms with Gasteiger partial charge >= 0.3 is 5.97 Å². The van der Waals surface area contributed by atoms with Crippen molar-refractivity contribution in [3.8, 4) is 0 Å². The Morgan fingerprint density at radius 3 is 2.93 bits per heavy atom. The molecule has 1 aromatic rings. The third-order valence-electron chi connectivity index (χ3n) is 1.73. The molecule has 1 rings (SSSR count). The maximum absolute atomic E-state index is 11.2. The first-order valence-corrected chi connectivity index (χ1v) is 5.57. The van der Waals surface area contributed by atoms with Crippen molar-refractivity contribution in [2.24, 2.45) is 0 Å². The summed E-state index contributed by atoms with van der Waals surface area (Å²) in [6.45, 7) is 2.14. The van der Waals surface area contributed by atoms with Crippen molar-refractivity contribution in [1.82, 2.24) is 0 Å². The third-order valence-corrected chi connectivity index (χ3v) is 2.93. The van der Waals surface area contributed by atoms with E-state index < -0.39 is 0 Å². The molecule has 0 aliphatic rings. The number of thioether (sulfide) groups is 1. The highest BCUT2D eigenvalue weighted by atomic mass is 32.2. The van der Waals surface area contributed by atoms with Crippen LogP contribution in [-0.2, 0) is 4.74 Å². The molecule has 0 aliphatic heterocycles. The normalized spacial score (nSPS) is 9.86. The molecule has 0 heterocycles. The molecule has 0 radical (unpaired) electrons. The highest BCUT2D eigenvalue weighted by Crippen LogP contribution is 2.19. The summed E-state index contributed by atoms with van der Waals surface area (Å²) in [5.74, 6) is 0.800. The first-order valence-electron chi connectivity index (χ1n) is 4.59. The van der Waals surface area contributed by atoms with E-state index in [2.05, 4.69) is 11.7 Å². The molecule has 3 heteroatoms. The fraction of sp³-hybridized carbons (Fsp3) is 0.364. The molecule has 0 unspecified atom stereocenters. The summed E-state index contributed by atoms with van der Waals surface area (Å²) in [6.07, 6.45) is 1.13. The Hall–Kier alpha value is -0.960. The molecular weight excluding hydrogens is 196 g/mol. The monoisotopic (exact) mass is 210 g/mol. The number of rotatable bonds is 4. The Morgan fingerprint density at radius 1 is 1.50 bits per heavy atom. The Bertz CT molecular complexity index is 310. The van der Waals surface area contributed by atoms with Crippen LogP contribution in [0.25, 0.3) is 0 Å². The number of methoxy groups -OCH3 is 1. The summed E-state index contributed by atoms with van der Waals surface area (Å²) < 4.78 is 4.65. The maximum Gasteiger partial charge on any atom is 0.337 e. The van der Waals surface area contributed by atoms with Crippen LogP contribution >= 0.6 is 11.8 Å². The molecule has 0 fully saturated rings. The maximum atomic E-state index is 11.2. The second-order valence-corrected chi connectivity index (χ2v) is 4.04. The molecule has 0 atom stereocenters. The SMILES string of the molecule is CCCSc1cccc(C(=O)OC)c1. The minimum Gasteiger partial charge on any atom is -0.465 e. The van der Waals surface area contributed by atoms with Crippen LogP contribution in [0, 0.1) is 0 Å². The Labute approximate surface area is 88.7 Å². The second kappa shape index (κ2) is 5.70. The highest BCUT2D eigenvalue weighted by molar-refractivity contribution is 7.99. The van der Waals surface area contributed by atoms with Crippen LogP contribution in [-0.4, -0.2) is 18.8 Å². The number of hydrogen-bond donors (Lipinski definition) is 0. The van der Waals surface area contributed by atoms with Gasteiger partial charge in [0.2, 0.25) is 0 Å². The number of benzene rings is 1. The smallest absolute Gasteiger partial charge is 0.337 e. The van der Waals surface area contributed by atoms with Gasteiger partial charge in [0.15, 0.2) is 0 Å². The molecule has 2 nitrogen and oxygen atoms in total. The molecule has 0 saturated heterocycles. The number of hydrogen-bond acceptors (Lipinski definition) is 3. The van der Waals surface area contributed by atoms with Crippen LogP contribution in [0.15, 0.2) is 29.2 Å². The molecule has 0 spiro atoms. The summed E-state index contributed by atoms with van der Waals surface area (Å²) in [4.78, 5) is 12.3. The van der Waals surface area contributed by atoms with Crippen molar-refractivity contribution in [2.45, 2.75) is 18.2 Å². The van der Waals surface area contributed by atoms with Crippen LogP contribution in [0.3, 0.4) is 0 Å². The van der Waals surface area contributed by atoms with E-state index in [0.717, 1.165) is 17.1 Å². The predicted molar refractivity (Wildman–Crippen MR) is 58.8 cm³/mol. The number of carbonyl (C=O) groups excluding carboxylic acids is 1. The van der Waals surface area contributed by atoms with Gasteiger partial charge in [-0.3, -0.25) is 0 Å². The number of esters is 1. The summed E-state index contributed by atoms with van der Waals surface area (Å²) in [7, 11) is 1.40. The second-order valence-electron chi connectivity index (χ2n) is 2.87. The van der Waals surface area contributed by atoms with Gasteiger partial charge < -0.3 is 4.74 Å². The first-order chi connectivity index (χ1) is 6.77. The van der Waals surface area contributed by atoms with Crippen molar-refractivity contribution < 1.29 is 9.53 Å². The van der Waals surface area contributed by atoms with E-state index in [4.69, 9.17) is 0 Å². The minimum absolute atomic E-state index is 0.274. The zero-order chi connectivity index (χ0) is 10.4. The van der Waals surface area contributed by atoms with Gasteiger partial charge in [0.05, 0.1) is 12.7 Å². The van der Waals surface area contributed by atoms with E-state index in [9.17, 15) is 4.79 Å². The van der Waals surface area contributed by atoms with E-state index in [1.165, 1.54) is 7.11 Å². The third kappa shape index (κ3) is 3.07. The van der Waals surface area contributed by atoms with Gasteiger partial charge in [0.25, 0.3) is 0 Å². The minimum atomic E-state index is -0.274. The lowest BCUT2D eigenvalue weighted by atomic mass is 10.2. The quantitative estimate of drug-likeness (QED) is 0.564. The van der Waals surface area contributed by atoms with Gasteiger partial charge in [-0.25, -0.2) is 4.79 Å². The zero-order valence-corrected chi connectivity index (χ0v) is 9.26. The summed E-state index contributed by atoms with van der Waals surface area (Å²) >= 11 is 1.75. The topological polar surface area (TPSA) is 26.3 Å². The fourth-order valence-corrected chi connectivity index (χ4v) is 1.88. The number of ether oxygens (including phenoxy) is 1. The molecule has 0 saturated carbocycles. The summed E-state index contributed by atoms with van der Waals surface area (Å²) in [6, 6.07) is 7.52. The van der Waals surface area contributed by atoms with Gasteiger partial charge in [0.1, 0.15) is 0 Å². The lowest BCUT2D eigenvalue weighted by Crippen LogP contribution is -2.00. The molecule has 76 valence electrons. The van der Waals surface area contributed by atoms with E-state index in [1.54, 1.807) is 17.8 Å². The number of carbonyl (C=O) groups is 1. The van der Waals surface area contributed by atoms with Crippen LogP contribution in [0.2, 0.25) is 0 Å². The standard InChI is InChI=1S/C11H14O2S/c1-3-7-14-10-6-4-5-9(8-10)11(12)13-2/h4-6,8H,3,7H2,1-2H3. The fourth-order valence-electron chi connectivity index (χ4n) is 1.05. The van der Waals surface area contributed by atoms with E-state index in [0.29, 0.717) is 5.56 Å². The molecule has 0 N–H and O–H groups in total. The van der Waals surface area contributed by atoms with Crippen LogP contribution in [0.5, 0.6) is 0 Å². The Kier molecular flexibility index (Phi) is 4.53. The molecule has 0 amide bonds. The lowest BCUT2D eigenvalue weighted by Gasteiger charge is -2.02. The van der Waals surface area contributed by atoms with Crippen molar-refractivity contribution in [3.63, 3.8) is 0 Å². The Morgan fingerprint density at radius 2 is 2.29 bits per heavy atom. The summed E-state index contributed by atoms with van der Waals surface area (Å²) in [5, 5.41) is 0. The highest BCUT2D eigenvalue weighted by Gasteiger charge is 2.04. The van der Waals surface area contributed by atoms with Crippen LogP contribution in [0.4, 0.5) is 0 Å². The predicted octanol–water partition coefficient (Wildman–Crippen LogP) is 2.98. The van der Waals surface area contributed by atoms with Crippen LogP contribution in [0.1, 0.15) is 23.7 Å². The summed E-state index contributed by atoms with van der Waals surface area (Å²) in [5.41, 5.74) is 0.619. The molecule has 14 heavy (non-hydrogen) atoms. The van der Waals surface area contributed by atoms with Crippen molar-refractivity contribution in [2.75, 3.05) is 12.9 Å². The molecule has 0 aromatic heterocycles. The van der Waals surface area contributed by atoms with Gasteiger partial charge in [-0.05, 0) is 30.4 Å². The zero-order valence-electron chi connectivity index (χ0n) is 8.45. The van der Waals surface area contributed by atoms with Crippen LogP contribution < -0.4 is 0 Å². The van der Waals surface area contributed by atoms with Gasteiger partial charge in [0, 0.05) is 4.90 Å². The molecule has 1 aromatic carbocycles. The molecular formula is C11H14O2S.